The van der Waals surface area contributed by atoms with Crippen molar-refractivity contribution in [3.05, 3.63) is 12.3 Å². The molecule has 0 fully saturated rings. The lowest BCUT2D eigenvalue weighted by Crippen LogP contribution is -2.10. The van der Waals surface area contributed by atoms with Gasteiger partial charge in [0.05, 0.1) is 12.8 Å². The molecule has 0 aliphatic rings. The smallest absolute Gasteiger partial charge is 0.239 e. The third-order valence-electron chi connectivity index (χ3n) is 1.85. The molecular formula is C10H17N3O. The van der Waals surface area contributed by atoms with Crippen LogP contribution in [0.1, 0.15) is 13.8 Å². The number of nitrogens with two attached hydrogens (primary N) is 1. The van der Waals surface area contributed by atoms with Gasteiger partial charge in [-0.3, -0.25) is 0 Å². The van der Waals surface area contributed by atoms with Crippen molar-refractivity contribution in [3.8, 4) is 5.88 Å². The van der Waals surface area contributed by atoms with E-state index in [-0.39, 0.29) is 0 Å². The van der Waals surface area contributed by atoms with E-state index < -0.39 is 0 Å². The van der Waals surface area contributed by atoms with E-state index in [0.29, 0.717) is 17.5 Å². The van der Waals surface area contributed by atoms with E-state index in [9.17, 15) is 0 Å². The zero-order chi connectivity index (χ0) is 10.6. The summed E-state index contributed by atoms with van der Waals surface area (Å²) in [5.74, 6) is 1.05. The number of anilines is 2. The Kier molecular flexibility index (Phi) is 3.56. The molecule has 0 aliphatic heterocycles. The van der Waals surface area contributed by atoms with Crippen molar-refractivity contribution in [1.82, 2.24) is 4.98 Å². The first-order valence-electron chi connectivity index (χ1n) is 4.67. The summed E-state index contributed by atoms with van der Waals surface area (Å²) in [5, 5.41) is 3.24. The summed E-state index contributed by atoms with van der Waals surface area (Å²) in [5.41, 5.74) is 7.28. The van der Waals surface area contributed by atoms with Crippen molar-refractivity contribution in [3.63, 3.8) is 0 Å². The zero-order valence-corrected chi connectivity index (χ0v) is 8.87. The molecule has 0 saturated carbocycles. The van der Waals surface area contributed by atoms with Crippen molar-refractivity contribution in [1.29, 1.82) is 0 Å². The van der Waals surface area contributed by atoms with Crippen molar-refractivity contribution in [2.24, 2.45) is 5.92 Å². The van der Waals surface area contributed by atoms with Gasteiger partial charge in [0.2, 0.25) is 5.88 Å². The molecule has 0 unspecified atom stereocenters. The summed E-state index contributed by atoms with van der Waals surface area (Å²) in [7, 11) is 1.56. The predicted octanol–water partition coefficient (Wildman–Crippen LogP) is 1.74. The van der Waals surface area contributed by atoms with Crippen LogP contribution in [-0.2, 0) is 0 Å². The van der Waals surface area contributed by atoms with Crippen LogP contribution in [0.15, 0.2) is 12.3 Å². The monoisotopic (exact) mass is 195 g/mol. The van der Waals surface area contributed by atoms with Crippen molar-refractivity contribution >= 4 is 11.4 Å². The molecule has 0 saturated heterocycles. The Labute approximate surface area is 84.5 Å². The maximum atomic E-state index is 5.83. The first kappa shape index (κ1) is 10.6. The minimum absolute atomic E-state index is 0.471. The van der Waals surface area contributed by atoms with Crippen LogP contribution in [0.2, 0.25) is 0 Å². The van der Waals surface area contributed by atoms with Crippen LogP contribution in [0.5, 0.6) is 5.88 Å². The number of hydrogen-bond donors (Lipinski definition) is 2. The molecule has 0 aliphatic carbocycles. The minimum Gasteiger partial charge on any atom is -0.479 e. The molecule has 3 N–H and O–H groups in total. The average Bonchev–Trinajstić information content (AvgIpc) is 2.16. The van der Waals surface area contributed by atoms with Gasteiger partial charge in [-0.05, 0) is 12.0 Å². The Bertz CT molecular complexity index is 299. The molecule has 4 heteroatoms. The summed E-state index contributed by atoms with van der Waals surface area (Å²) in [6.45, 7) is 5.17. The molecule has 0 spiro atoms. The molecule has 0 bridgehead atoms. The first-order valence-corrected chi connectivity index (χ1v) is 4.67. The fraction of sp³-hybridized carbons (Fsp3) is 0.500. The summed E-state index contributed by atoms with van der Waals surface area (Å²) in [6, 6.07) is 1.85. The van der Waals surface area contributed by atoms with Gasteiger partial charge in [-0.2, -0.15) is 0 Å². The average molecular weight is 195 g/mol. The molecule has 4 nitrogen and oxygen atoms in total. The Balaban J connectivity index is 2.76. The largest absolute Gasteiger partial charge is 0.479 e. The zero-order valence-electron chi connectivity index (χ0n) is 8.87. The standard InChI is InChI=1S/C10H17N3O/c1-7(2)6-13-8-4-5-12-10(14-3)9(8)11/h4-5,7H,6,11H2,1-3H3,(H,12,13). The molecule has 1 aromatic rings. The first-order chi connectivity index (χ1) is 6.65. The Morgan fingerprint density at radius 1 is 1.57 bits per heavy atom. The van der Waals surface area contributed by atoms with Gasteiger partial charge >= 0.3 is 0 Å². The second-order valence-corrected chi connectivity index (χ2v) is 3.56. The van der Waals surface area contributed by atoms with Crippen molar-refractivity contribution < 1.29 is 4.74 Å². The topological polar surface area (TPSA) is 60.2 Å². The number of nitrogens with one attached hydrogen (secondary N) is 1. The van der Waals surface area contributed by atoms with Crippen LogP contribution >= 0.6 is 0 Å². The van der Waals surface area contributed by atoms with Crippen LogP contribution in [0.4, 0.5) is 11.4 Å². The van der Waals surface area contributed by atoms with Crippen LogP contribution in [0.25, 0.3) is 0 Å². The Morgan fingerprint density at radius 3 is 2.86 bits per heavy atom. The van der Waals surface area contributed by atoms with Crippen molar-refractivity contribution in [2.45, 2.75) is 13.8 Å². The van der Waals surface area contributed by atoms with Crippen LogP contribution in [0.3, 0.4) is 0 Å². The Morgan fingerprint density at radius 2 is 2.29 bits per heavy atom. The number of pyridine rings is 1. The fourth-order valence-corrected chi connectivity index (χ4v) is 1.08. The maximum Gasteiger partial charge on any atom is 0.239 e. The number of nitrogen functional groups attached to an aromatic ring is 1. The minimum atomic E-state index is 0.471. The van der Waals surface area contributed by atoms with E-state index in [0.717, 1.165) is 12.2 Å². The Hall–Kier alpha value is -1.45. The number of hydrogen-bond acceptors (Lipinski definition) is 4. The SMILES string of the molecule is COc1nccc(NCC(C)C)c1N. The van der Waals surface area contributed by atoms with E-state index in [1.807, 2.05) is 6.07 Å². The van der Waals surface area contributed by atoms with E-state index in [2.05, 4.69) is 24.1 Å². The van der Waals surface area contributed by atoms with E-state index in [4.69, 9.17) is 10.5 Å². The van der Waals surface area contributed by atoms with Gasteiger partial charge in [0.25, 0.3) is 0 Å². The molecule has 0 aromatic carbocycles. The van der Waals surface area contributed by atoms with Gasteiger partial charge in [-0.1, -0.05) is 13.8 Å². The highest BCUT2D eigenvalue weighted by Gasteiger charge is 2.05. The molecule has 0 radical (unpaired) electrons. The number of nitrogens with zero attached hydrogens (tertiary/aromatic N) is 1. The second kappa shape index (κ2) is 4.69. The number of methoxy groups -OCH3 is 1. The molecular weight excluding hydrogens is 178 g/mol. The number of ether oxygens (including phenoxy) is 1. The van der Waals surface area contributed by atoms with Crippen LogP contribution < -0.4 is 15.8 Å². The highest BCUT2D eigenvalue weighted by atomic mass is 16.5. The van der Waals surface area contributed by atoms with Crippen LogP contribution in [0, 0.1) is 5.92 Å². The molecule has 0 atom stereocenters. The predicted molar refractivity (Wildman–Crippen MR) is 58.5 cm³/mol. The number of aromatic nitrogens is 1. The molecule has 1 rings (SSSR count). The lowest BCUT2D eigenvalue weighted by atomic mass is 10.2. The molecule has 0 amide bonds. The lowest BCUT2D eigenvalue weighted by Gasteiger charge is -2.12. The highest BCUT2D eigenvalue weighted by Crippen LogP contribution is 2.26. The summed E-state index contributed by atoms with van der Waals surface area (Å²) in [4.78, 5) is 4.00. The van der Waals surface area contributed by atoms with E-state index in [1.165, 1.54) is 0 Å². The molecule has 1 aromatic heterocycles. The van der Waals surface area contributed by atoms with Gasteiger partial charge in [-0.25, -0.2) is 4.98 Å². The van der Waals surface area contributed by atoms with Crippen molar-refractivity contribution in [2.75, 3.05) is 24.7 Å². The third-order valence-corrected chi connectivity index (χ3v) is 1.85. The summed E-state index contributed by atoms with van der Waals surface area (Å²) in [6.07, 6.45) is 1.68. The molecule has 14 heavy (non-hydrogen) atoms. The quantitative estimate of drug-likeness (QED) is 0.768. The van der Waals surface area contributed by atoms with Gasteiger partial charge in [0.15, 0.2) is 0 Å². The third kappa shape index (κ3) is 2.52. The molecule has 1 heterocycles. The fourth-order valence-electron chi connectivity index (χ4n) is 1.08. The summed E-state index contributed by atoms with van der Waals surface area (Å²) >= 11 is 0. The van der Waals surface area contributed by atoms with Gasteiger partial charge in [0.1, 0.15) is 5.69 Å². The number of rotatable bonds is 4. The van der Waals surface area contributed by atoms with Gasteiger partial charge < -0.3 is 15.8 Å². The van der Waals surface area contributed by atoms with Crippen LogP contribution in [-0.4, -0.2) is 18.6 Å². The normalized spacial score (nSPS) is 10.3. The van der Waals surface area contributed by atoms with E-state index >= 15 is 0 Å². The highest BCUT2D eigenvalue weighted by molar-refractivity contribution is 5.70. The maximum absolute atomic E-state index is 5.83. The summed E-state index contributed by atoms with van der Waals surface area (Å²) < 4.78 is 5.02. The van der Waals surface area contributed by atoms with Gasteiger partial charge in [-0.15, -0.1) is 0 Å². The van der Waals surface area contributed by atoms with Gasteiger partial charge in [0, 0.05) is 12.7 Å². The second-order valence-electron chi connectivity index (χ2n) is 3.56. The lowest BCUT2D eigenvalue weighted by molar-refractivity contribution is 0.400. The molecule has 78 valence electrons. The van der Waals surface area contributed by atoms with E-state index in [1.54, 1.807) is 13.3 Å².